The number of benzene rings is 2. The lowest BCUT2D eigenvalue weighted by Gasteiger charge is -2.18. The largest absolute Gasteiger partial charge is 0.336 e. The highest BCUT2D eigenvalue weighted by atomic mass is 35.5. The lowest BCUT2D eigenvalue weighted by atomic mass is 10.1. The zero-order chi connectivity index (χ0) is 21.9. The van der Waals surface area contributed by atoms with Crippen molar-refractivity contribution < 1.29 is 4.79 Å². The van der Waals surface area contributed by atoms with Crippen LogP contribution in [0, 0.1) is 0 Å². The Kier molecular flexibility index (Phi) is 9.50. The molecule has 6 heteroatoms. The highest BCUT2D eigenvalue weighted by Crippen LogP contribution is 2.29. The molecule has 3 rings (SSSR count). The Morgan fingerprint density at radius 2 is 1.90 bits per heavy atom. The number of hydrogen-bond donors (Lipinski definition) is 1. The number of hydrogen-bond acceptors (Lipinski definition) is 3. The summed E-state index contributed by atoms with van der Waals surface area (Å²) in [5.74, 6) is 0.0924. The van der Waals surface area contributed by atoms with Gasteiger partial charge < -0.3 is 9.88 Å². The number of nitrogens with one attached hydrogen (secondary N) is 1. The minimum absolute atomic E-state index is 0.0924. The minimum Gasteiger partial charge on any atom is -0.336 e. The van der Waals surface area contributed by atoms with Crippen LogP contribution in [0.1, 0.15) is 44.6 Å². The number of thioether (sulfide) groups is 1. The summed E-state index contributed by atoms with van der Waals surface area (Å²) < 4.78 is 2.13. The van der Waals surface area contributed by atoms with Gasteiger partial charge in [-0.1, -0.05) is 43.5 Å². The van der Waals surface area contributed by atoms with E-state index in [1.54, 1.807) is 0 Å². The first-order valence-corrected chi connectivity index (χ1v) is 12.1. The van der Waals surface area contributed by atoms with Crippen molar-refractivity contribution >= 4 is 35.0 Å². The molecule has 1 unspecified atom stereocenters. The molecule has 1 aromatic heterocycles. The van der Waals surface area contributed by atoms with Gasteiger partial charge in [0.05, 0.1) is 6.33 Å². The molecule has 0 saturated heterocycles. The van der Waals surface area contributed by atoms with Crippen LogP contribution in [0.3, 0.4) is 0 Å². The second-order valence-corrected chi connectivity index (χ2v) is 9.50. The Bertz CT molecular complexity index is 911. The summed E-state index contributed by atoms with van der Waals surface area (Å²) in [6.45, 7) is 3.04. The molecule has 3 aromatic rings. The molecule has 0 aliphatic carbocycles. The fourth-order valence-electron chi connectivity index (χ4n) is 3.36. The lowest BCUT2D eigenvalue weighted by molar-refractivity contribution is -0.116. The van der Waals surface area contributed by atoms with Crippen molar-refractivity contribution in [1.29, 1.82) is 0 Å². The Labute approximate surface area is 194 Å². The zero-order valence-corrected chi connectivity index (χ0v) is 19.5. The SMILES string of the molecule is CCCCCC(=O)Nc1ccc(SC(CCc2ccc(Cl)cc2)Cn2ccnc2)cc1. The Hall–Kier alpha value is -2.24. The molecular weight excluding hydrogens is 426 g/mol. The summed E-state index contributed by atoms with van der Waals surface area (Å²) in [4.78, 5) is 17.4. The van der Waals surface area contributed by atoms with Crippen molar-refractivity contribution in [1.82, 2.24) is 9.55 Å². The molecule has 1 N–H and O–H groups in total. The fourth-order valence-corrected chi connectivity index (χ4v) is 4.65. The number of unbranched alkanes of at least 4 members (excludes halogenated alkanes) is 2. The predicted octanol–water partition coefficient (Wildman–Crippen LogP) is 6.85. The molecular formula is C25H30ClN3OS. The van der Waals surface area contributed by atoms with E-state index < -0.39 is 0 Å². The molecule has 1 heterocycles. The molecule has 0 saturated carbocycles. The number of carbonyl (C=O) groups excluding carboxylic acids is 1. The van der Waals surface area contributed by atoms with E-state index in [2.05, 4.69) is 46.1 Å². The maximum Gasteiger partial charge on any atom is 0.224 e. The van der Waals surface area contributed by atoms with Gasteiger partial charge in [0.15, 0.2) is 0 Å². The zero-order valence-electron chi connectivity index (χ0n) is 18.0. The molecule has 0 fully saturated rings. The van der Waals surface area contributed by atoms with E-state index in [9.17, 15) is 4.79 Å². The van der Waals surface area contributed by atoms with E-state index >= 15 is 0 Å². The second-order valence-electron chi connectivity index (χ2n) is 7.69. The number of carbonyl (C=O) groups is 1. The molecule has 1 atom stereocenters. The van der Waals surface area contributed by atoms with Crippen LogP contribution in [0.25, 0.3) is 0 Å². The second kappa shape index (κ2) is 12.6. The number of imidazole rings is 1. The number of nitrogens with zero attached hydrogens (tertiary/aromatic N) is 2. The summed E-state index contributed by atoms with van der Waals surface area (Å²) in [6.07, 6.45) is 11.5. The highest BCUT2D eigenvalue weighted by Gasteiger charge is 2.13. The topological polar surface area (TPSA) is 46.9 Å². The van der Waals surface area contributed by atoms with E-state index in [0.717, 1.165) is 49.4 Å². The van der Waals surface area contributed by atoms with Gasteiger partial charge >= 0.3 is 0 Å². The molecule has 31 heavy (non-hydrogen) atoms. The maximum atomic E-state index is 12.0. The molecule has 2 aromatic carbocycles. The van der Waals surface area contributed by atoms with Crippen LogP contribution in [-0.2, 0) is 17.8 Å². The average molecular weight is 456 g/mol. The summed E-state index contributed by atoms with van der Waals surface area (Å²) in [7, 11) is 0. The molecule has 0 bridgehead atoms. The van der Waals surface area contributed by atoms with Gasteiger partial charge in [-0.05, 0) is 61.2 Å². The van der Waals surface area contributed by atoms with Crippen LogP contribution in [-0.4, -0.2) is 20.7 Å². The first-order valence-electron chi connectivity index (χ1n) is 10.9. The van der Waals surface area contributed by atoms with Gasteiger partial charge in [-0.2, -0.15) is 0 Å². The average Bonchev–Trinajstić information content (AvgIpc) is 3.28. The normalized spacial score (nSPS) is 11.9. The van der Waals surface area contributed by atoms with Gasteiger partial charge in [0.2, 0.25) is 5.91 Å². The summed E-state index contributed by atoms with van der Waals surface area (Å²) in [6, 6.07) is 16.3. The Morgan fingerprint density at radius 3 is 2.58 bits per heavy atom. The van der Waals surface area contributed by atoms with Gasteiger partial charge in [0.1, 0.15) is 0 Å². The molecule has 0 aliphatic heterocycles. The maximum absolute atomic E-state index is 12.0. The van der Waals surface area contributed by atoms with Gasteiger partial charge in [0, 0.05) is 46.2 Å². The van der Waals surface area contributed by atoms with Crippen LogP contribution >= 0.6 is 23.4 Å². The van der Waals surface area contributed by atoms with Crippen LogP contribution in [0.5, 0.6) is 0 Å². The first kappa shape index (κ1) is 23.4. The van der Waals surface area contributed by atoms with E-state index in [1.165, 1.54) is 10.5 Å². The molecule has 0 radical (unpaired) electrons. The Balaban J connectivity index is 1.57. The first-order chi connectivity index (χ1) is 15.1. The molecule has 4 nitrogen and oxygen atoms in total. The monoisotopic (exact) mass is 455 g/mol. The molecule has 0 aliphatic rings. The smallest absolute Gasteiger partial charge is 0.224 e. The number of aryl methyl sites for hydroxylation is 1. The Morgan fingerprint density at radius 1 is 1.13 bits per heavy atom. The van der Waals surface area contributed by atoms with E-state index in [1.807, 2.05) is 54.7 Å². The third-order valence-electron chi connectivity index (χ3n) is 5.09. The fraction of sp³-hybridized carbons (Fsp3) is 0.360. The van der Waals surface area contributed by atoms with E-state index in [-0.39, 0.29) is 5.91 Å². The molecule has 164 valence electrons. The van der Waals surface area contributed by atoms with Crippen molar-refractivity contribution in [3.8, 4) is 0 Å². The van der Waals surface area contributed by atoms with Crippen LogP contribution in [0.2, 0.25) is 5.02 Å². The summed E-state index contributed by atoms with van der Waals surface area (Å²) in [5.41, 5.74) is 2.15. The molecule has 1 amide bonds. The van der Waals surface area contributed by atoms with E-state index in [0.29, 0.717) is 11.7 Å². The van der Waals surface area contributed by atoms with Crippen molar-refractivity contribution in [2.24, 2.45) is 0 Å². The van der Waals surface area contributed by atoms with Crippen molar-refractivity contribution in [2.75, 3.05) is 5.32 Å². The lowest BCUT2D eigenvalue weighted by Crippen LogP contribution is -2.13. The van der Waals surface area contributed by atoms with Crippen molar-refractivity contribution in [3.63, 3.8) is 0 Å². The van der Waals surface area contributed by atoms with Gasteiger partial charge in [0.25, 0.3) is 0 Å². The summed E-state index contributed by atoms with van der Waals surface area (Å²) >= 11 is 7.88. The summed E-state index contributed by atoms with van der Waals surface area (Å²) in [5, 5.41) is 4.17. The van der Waals surface area contributed by atoms with Gasteiger partial charge in [-0.15, -0.1) is 11.8 Å². The number of amides is 1. The van der Waals surface area contributed by atoms with Crippen LogP contribution < -0.4 is 5.32 Å². The van der Waals surface area contributed by atoms with E-state index in [4.69, 9.17) is 11.6 Å². The number of aromatic nitrogens is 2. The highest BCUT2D eigenvalue weighted by molar-refractivity contribution is 8.00. The predicted molar refractivity (Wildman–Crippen MR) is 131 cm³/mol. The van der Waals surface area contributed by atoms with Crippen LogP contribution in [0.4, 0.5) is 5.69 Å². The van der Waals surface area contributed by atoms with Crippen LogP contribution in [0.15, 0.2) is 72.1 Å². The third kappa shape index (κ3) is 8.42. The molecule has 0 spiro atoms. The van der Waals surface area contributed by atoms with Gasteiger partial charge in [-0.3, -0.25) is 4.79 Å². The standard InChI is InChI=1S/C25H30ClN3OS/c1-2-3-4-5-25(30)28-22-11-14-23(15-12-22)31-24(18-29-17-16-27-19-29)13-8-20-6-9-21(26)10-7-20/h6-7,9-12,14-17,19,24H,2-5,8,13,18H2,1H3,(H,28,30). The quantitative estimate of drug-likeness (QED) is 0.240. The number of halogens is 1. The van der Waals surface area contributed by atoms with Crippen molar-refractivity contribution in [3.05, 3.63) is 77.8 Å². The third-order valence-corrected chi connectivity index (χ3v) is 6.60. The van der Waals surface area contributed by atoms with Crippen molar-refractivity contribution in [2.45, 2.75) is 62.1 Å². The van der Waals surface area contributed by atoms with Gasteiger partial charge in [-0.25, -0.2) is 4.98 Å². The number of rotatable bonds is 12. The number of anilines is 1. The minimum atomic E-state index is 0.0924.